The molecule has 4 rings (SSSR count). The highest BCUT2D eigenvalue weighted by Gasteiger charge is 2.35. The van der Waals surface area contributed by atoms with Gasteiger partial charge in [-0.2, -0.15) is 11.3 Å². The van der Waals surface area contributed by atoms with Crippen LogP contribution in [-0.4, -0.2) is 59.4 Å². The van der Waals surface area contributed by atoms with Gasteiger partial charge in [-0.1, -0.05) is 50.4 Å². The Morgan fingerprint density at radius 2 is 2.10 bits per heavy atom. The Morgan fingerprint density at radius 1 is 1.31 bits per heavy atom. The highest BCUT2D eigenvalue weighted by molar-refractivity contribution is 8.01. The number of thiazole rings is 1. The van der Waals surface area contributed by atoms with Gasteiger partial charge in [0, 0.05) is 48.1 Å². The van der Waals surface area contributed by atoms with E-state index in [4.69, 9.17) is 4.74 Å². The summed E-state index contributed by atoms with van der Waals surface area (Å²) in [5.41, 5.74) is 2.79. The number of nitrogens with zero attached hydrogens (tertiary/aromatic N) is 3. The maximum absolute atomic E-state index is 12.7. The maximum atomic E-state index is 12.7. The Kier molecular flexibility index (Phi) is 9.53. The summed E-state index contributed by atoms with van der Waals surface area (Å²) in [6.45, 7) is 15.5. The van der Waals surface area contributed by atoms with Crippen LogP contribution in [0.4, 0.5) is 5.13 Å². The fraction of sp³-hybridized carbons (Fsp3) is 0.414. The number of amides is 2. The number of benzene rings is 1. The van der Waals surface area contributed by atoms with Gasteiger partial charge in [0.15, 0.2) is 5.13 Å². The average molecular weight is 585 g/mol. The largest absolute Gasteiger partial charge is 0.496 e. The molecular weight excluding hydrogens is 549 g/mol. The molecule has 2 amide bonds. The highest BCUT2D eigenvalue weighted by atomic mass is 32.2. The molecule has 3 aromatic rings. The molecule has 39 heavy (non-hydrogen) atoms. The predicted molar refractivity (Wildman–Crippen MR) is 161 cm³/mol. The van der Waals surface area contributed by atoms with Crippen molar-refractivity contribution in [1.29, 1.82) is 0 Å². The van der Waals surface area contributed by atoms with Gasteiger partial charge in [-0.3, -0.25) is 19.8 Å². The molecule has 0 radical (unpaired) electrons. The number of ether oxygens (including phenoxy) is 1. The quantitative estimate of drug-likeness (QED) is 0.302. The SMILES string of the molecule is C=CC(=O)N1CCCN(Cc2cc(Sc3cnc(NC(=O)c4ccsc4)s3)c(C)cc2OC)C[C@H]1C(C)(C)C. The first-order chi connectivity index (χ1) is 18.6. The van der Waals surface area contributed by atoms with Gasteiger partial charge in [-0.05, 0) is 54.0 Å². The number of aromatic nitrogens is 1. The Morgan fingerprint density at radius 3 is 2.77 bits per heavy atom. The molecule has 1 aliphatic heterocycles. The highest BCUT2D eigenvalue weighted by Crippen LogP contribution is 2.39. The number of hydrogen-bond acceptors (Lipinski definition) is 8. The molecule has 3 heterocycles. The summed E-state index contributed by atoms with van der Waals surface area (Å²) in [5, 5.41) is 7.17. The second-order valence-corrected chi connectivity index (χ2v) is 13.8. The van der Waals surface area contributed by atoms with E-state index in [0.717, 1.165) is 58.6 Å². The van der Waals surface area contributed by atoms with E-state index >= 15 is 0 Å². The molecule has 0 bridgehead atoms. The van der Waals surface area contributed by atoms with Crippen LogP contribution in [0.3, 0.4) is 0 Å². The molecule has 1 saturated heterocycles. The van der Waals surface area contributed by atoms with E-state index in [0.29, 0.717) is 10.7 Å². The van der Waals surface area contributed by atoms with Crippen molar-refractivity contribution in [2.75, 3.05) is 32.1 Å². The Labute approximate surface area is 243 Å². The topological polar surface area (TPSA) is 74.8 Å². The van der Waals surface area contributed by atoms with Crippen molar-refractivity contribution in [3.8, 4) is 5.75 Å². The number of carbonyl (C=O) groups excluding carboxylic acids is 2. The molecule has 0 aliphatic carbocycles. The number of rotatable bonds is 8. The van der Waals surface area contributed by atoms with Crippen LogP contribution in [0.2, 0.25) is 0 Å². The maximum Gasteiger partial charge on any atom is 0.258 e. The second kappa shape index (κ2) is 12.7. The van der Waals surface area contributed by atoms with Crippen molar-refractivity contribution in [3.63, 3.8) is 0 Å². The van der Waals surface area contributed by atoms with Gasteiger partial charge >= 0.3 is 0 Å². The first kappa shape index (κ1) is 29.3. The Hall–Kier alpha value is -2.66. The third-order valence-electron chi connectivity index (χ3n) is 6.81. The third kappa shape index (κ3) is 7.30. The van der Waals surface area contributed by atoms with Gasteiger partial charge in [0.2, 0.25) is 5.91 Å². The zero-order valence-corrected chi connectivity index (χ0v) is 25.6. The standard InChI is InChI=1S/C29H36N4O3S3/c1-7-25(34)33-11-8-10-32(17-24(33)29(3,4)5)16-21-14-23(19(2)13-22(21)36-6)38-26-15-30-28(39-26)31-27(35)20-9-12-37-18-20/h7,9,12-15,18,24H,1,8,10-11,16-17H2,2-6H3,(H,30,31,35)/t24-/m0/s1. The van der Waals surface area contributed by atoms with Crippen molar-refractivity contribution < 1.29 is 14.3 Å². The van der Waals surface area contributed by atoms with E-state index in [1.807, 2.05) is 15.7 Å². The average Bonchev–Trinajstić information content (AvgIpc) is 3.54. The molecular formula is C29H36N4O3S3. The summed E-state index contributed by atoms with van der Waals surface area (Å²) >= 11 is 4.59. The lowest BCUT2D eigenvalue weighted by atomic mass is 9.85. The molecule has 1 aliphatic rings. The van der Waals surface area contributed by atoms with Crippen molar-refractivity contribution in [2.24, 2.45) is 5.41 Å². The van der Waals surface area contributed by atoms with Crippen molar-refractivity contribution in [1.82, 2.24) is 14.8 Å². The van der Waals surface area contributed by atoms with E-state index in [-0.39, 0.29) is 23.3 Å². The normalized spacial score (nSPS) is 16.5. The molecule has 2 aromatic heterocycles. The molecule has 0 saturated carbocycles. The molecule has 1 aromatic carbocycles. The van der Waals surface area contributed by atoms with Gasteiger partial charge in [-0.15, -0.1) is 0 Å². The Bertz CT molecular complexity index is 1310. The van der Waals surface area contributed by atoms with Crippen LogP contribution in [0.25, 0.3) is 0 Å². The molecule has 1 N–H and O–H groups in total. The van der Waals surface area contributed by atoms with Crippen LogP contribution in [0, 0.1) is 12.3 Å². The summed E-state index contributed by atoms with van der Waals surface area (Å²) in [6.07, 6.45) is 4.14. The van der Waals surface area contributed by atoms with Gasteiger partial charge in [0.05, 0.1) is 23.1 Å². The number of anilines is 1. The molecule has 10 heteroatoms. The second-order valence-electron chi connectivity index (χ2n) is 10.7. The zero-order chi connectivity index (χ0) is 28.2. The van der Waals surface area contributed by atoms with E-state index < -0.39 is 0 Å². The molecule has 7 nitrogen and oxygen atoms in total. The fourth-order valence-electron chi connectivity index (χ4n) is 4.72. The third-order valence-corrected chi connectivity index (χ3v) is 9.67. The van der Waals surface area contributed by atoms with E-state index in [2.05, 4.69) is 61.6 Å². The van der Waals surface area contributed by atoms with Crippen LogP contribution in [0.5, 0.6) is 5.75 Å². The van der Waals surface area contributed by atoms with Crippen LogP contribution in [-0.2, 0) is 11.3 Å². The summed E-state index contributed by atoms with van der Waals surface area (Å²) in [4.78, 5) is 35.0. The molecule has 0 spiro atoms. The van der Waals surface area contributed by atoms with Crippen LogP contribution >= 0.6 is 34.4 Å². The summed E-state index contributed by atoms with van der Waals surface area (Å²) in [7, 11) is 1.71. The lowest BCUT2D eigenvalue weighted by Crippen LogP contribution is -2.50. The van der Waals surface area contributed by atoms with Crippen LogP contribution in [0.1, 0.15) is 48.7 Å². The lowest BCUT2D eigenvalue weighted by Gasteiger charge is -2.40. The van der Waals surface area contributed by atoms with Crippen molar-refractivity contribution in [2.45, 2.75) is 55.8 Å². The number of hydrogen-bond donors (Lipinski definition) is 1. The smallest absolute Gasteiger partial charge is 0.258 e. The zero-order valence-electron chi connectivity index (χ0n) is 23.2. The molecule has 1 atom stereocenters. The van der Waals surface area contributed by atoms with Gasteiger partial charge in [-0.25, -0.2) is 4.98 Å². The number of aryl methyl sites for hydroxylation is 1. The van der Waals surface area contributed by atoms with E-state index in [9.17, 15) is 9.59 Å². The van der Waals surface area contributed by atoms with Gasteiger partial charge in [0.1, 0.15) is 5.75 Å². The molecule has 208 valence electrons. The molecule has 0 unspecified atom stereocenters. The molecule has 1 fully saturated rings. The van der Waals surface area contributed by atoms with Crippen molar-refractivity contribution in [3.05, 3.63) is 64.5 Å². The lowest BCUT2D eigenvalue weighted by molar-refractivity contribution is -0.130. The first-order valence-corrected chi connectivity index (χ1v) is 15.5. The number of methoxy groups -OCH3 is 1. The summed E-state index contributed by atoms with van der Waals surface area (Å²) in [5.74, 6) is 0.712. The van der Waals surface area contributed by atoms with E-state index in [1.54, 1.807) is 31.1 Å². The predicted octanol–water partition coefficient (Wildman–Crippen LogP) is 6.56. The summed E-state index contributed by atoms with van der Waals surface area (Å²) < 4.78 is 6.78. The first-order valence-electron chi connectivity index (χ1n) is 12.9. The minimum Gasteiger partial charge on any atom is -0.496 e. The minimum atomic E-state index is -0.149. The van der Waals surface area contributed by atoms with Crippen molar-refractivity contribution >= 4 is 51.4 Å². The Balaban J connectivity index is 1.52. The van der Waals surface area contributed by atoms with Crippen LogP contribution in [0.15, 0.2) is 56.9 Å². The van der Waals surface area contributed by atoms with Gasteiger partial charge in [0.25, 0.3) is 5.91 Å². The van der Waals surface area contributed by atoms with Gasteiger partial charge < -0.3 is 9.64 Å². The number of thiophene rings is 1. The number of nitrogens with one attached hydrogen (secondary N) is 1. The number of carbonyl (C=O) groups is 2. The monoisotopic (exact) mass is 584 g/mol. The summed E-state index contributed by atoms with van der Waals surface area (Å²) in [6, 6.07) is 6.17. The fourth-order valence-corrected chi connectivity index (χ4v) is 7.32. The minimum absolute atomic E-state index is 0.00110. The van der Waals surface area contributed by atoms with E-state index in [1.165, 1.54) is 28.7 Å². The van der Waals surface area contributed by atoms with Crippen LogP contribution < -0.4 is 10.1 Å².